The molecule has 0 amide bonds. The molecule has 0 aliphatic rings. The molecule has 0 bridgehead atoms. The predicted octanol–water partition coefficient (Wildman–Crippen LogP) is 0.578. The summed E-state index contributed by atoms with van der Waals surface area (Å²) >= 11 is 0. The maximum atomic E-state index is 10.8. The van der Waals surface area contributed by atoms with Gasteiger partial charge in [0.2, 0.25) is 0 Å². The molecule has 6 heteroatoms. The summed E-state index contributed by atoms with van der Waals surface area (Å²) in [6, 6.07) is 5.00. The van der Waals surface area contributed by atoms with Crippen LogP contribution in [0.4, 0.5) is 5.69 Å². The lowest BCUT2D eigenvalue weighted by atomic mass is 10.0. The summed E-state index contributed by atoms with van der Waals surface area (Å²) in [5, 5.41) is 29.2. The van der Waals surface area contributed by atoms with E-state index in [0.717, 1.165) is 6.92 Å². The summed E-state index contributed by atoms with van der Waals surface area (Å²) in [5.74, 6) is -0.564. The molecule has 6 nitrogen and oxygen atoms in total. The fourth-order valence-corrected chi connectivity index (χ4v) is 1.20. The predicted molar refractivity (Wildman–Crippen MR) is 54.7 cm³/mol. The number of ketones is 1. The van der Waals surface area contributed by atoms with Crippen LogP contribution in [0.25, 0.3) is 0 Å². The van der Waals surface area contributed by atoms with Crippen molar-refractivity contribution in [2.75, 3.05) is 0 Å². The molecule has 0 saturated heterocycles. The fourth-order valence-electron chi connectivity index (χ4n) is 1.20. The monoisotopic (exact) mass is 225 g/mol. The van der Waals surface area contributed by atoms with Crippen molar-refractivity contribution >= 4 is 11.5 Å². The van der Waals surface area contributed by atoms with E-state index in [2.05, 4.69) is 0 Å². The Kier molecular flexibility index (Phi) is 3.70. The summed E-state index contributed by atoms with van der Waals surface area (Å²) in [6.07, 6.45) is -2.88. The maximum Gasteiger partial charge on any atom is 0.269 e. The Morgan fingerprint density at radius 1 is 1.31 bits per heavy atom. The molecule has 0 spiro atoms. The number of nitrogens with zero attached hydrogens (tertiary/aromatic N) is 1. The molecule has 0 unspecified atom stereocenters. The standard InChI is InChI=1S/C10H11NO5/c1-6(12)9(13)10(14)7-2-4-8(5-3-7)11(15)16/h2-5,9-10,13-14H,1H3/t9-,10-/m1/s1. The van der Waals surface area contributed by atoms with E-state index in [4.69, 9.17) is 0 Å². The van der Waals surface area contributed by atoms with Gasteiger partial charge >= 0.3 is 0 Å². The highest BCUT2D eigenvalue weighted by molar-refractivity contribution is 5.81. The van der Waals surface area contributed by atoms with Crippen LogP contribution >= 0.6 is 0 Å². The maximum absolute atomic E-state index is 10.8. The first kappa shape index (κ1) is 12.3. The van der Waals surface area contributed by atoms with E-state index in [1.54, 1.807) is 0 Å². The second-order valence-electron chi connectivity index (χ2n) is 3.35. The van der Waals surface area contributed by atoms with Gasteiger partial charge in [-0.3, -0.25) is 14.9 Å². The van der Waals surface area contributed by atoms with E-state index < -0.39 is 22.9 Å². The van der Waals surface area contributed by atoms with Crippen molar-refractivity contribution in [2.45, 2.75) is 19.1 Å². The highest BCUT2D eigenvalue weighted by atomic mass is 16.6. The Balaban J connectivity index is 2.89. The number of carbonyl (C=O) groups excluding carboxylic acids is 1. The van der Waals surface area contributed by atoms with Crippen LogP contribution in [0.3, 0.4) is 0 Å². The van der Waals surface area contributed by atoms with Gasteiger partial charge in [0.25, 0.3) is 5.69 Å². The quantitative estimate of drug-likeness (QED) is 0.576. The van der Waals surface area contributed by atoms with Gasteiger partial charge in [-0.2, -0.15) is 0 Å². The number of nitro groups is 1. The molecular formula is C10H11NO5. The number of benzene rings is 1. The first-order chi connectivity index (χ1) is 7.43. The molecule has 1 aromatic carbocycles. The van der Waals surface area contributed by atoms with Crippen LogP contribution in [0.2, 0.25) is 0 Å². The molecule has 0 aliphatic heterocycles. The van der Waals surface area contributed by atoms with Crippen molar-refractivity contribution in [3.63, 3.8) is 0 Å². The van der Waals surface area contributed by atoms with Gasteiger partial charge in [-0.05, 0) is 24.6 Å². The van der Waals surface area contributed by atoms with Crippen molar-refractivity contribution < 1.29 is 19.9 Å². The number of non-ortho nitro benzene ring substituents is 1. The normalized spacial score (nSPS) is 14.2. The zero-order chi connectivity index (χ0) is 12.3. The molecule has 0 fully saturated rings. The fraction of sp³-hybridized carbons (Fsp3) is 0.300. The van der Waals surface area contributed by atoms with Crippen molar-refractivity contribution in [3.8, 4) is 0 Å². The molecule has 0 aliphatic carbocycles. The van der Waals surface area contributed by atoms with Crippen LogP contribution in [-0.4, -0.2) is 27.0 Å². The van der Waals surface area contributed by atoms with Crippen LogP contribution in [0, 0.1) is 10.1 Å². The highest BCUT2D eigenvalue weighted by Crippen LogP contribution is 2.20. The first-order valence-corrected chi connectivity index (χ1v) is 4.54. The number of hydrogen-bond acceptors (Lipinski definition) is 5. The van der Waals surface area contributed by atoms with Crippen LogP contribution < -0.4 is 0 Å². The van der Waals surface area contributed by atoms with E-state index in [9.17, 15) is 25.1 Å². The van der Waals surface area contributed by atoms with Gasteiger partial charge in [-0.1, -0.05) is 0 Å². The summed E-state index contributed by atoms with van der Waals surface area (Å²) in [5.41, 5.74) is 0.140. The third kappa shape index (κ3) is 2.62. The average Bonchev–Trinajstić information content (AvgIpc) is 2.27. The van der Waals surface area contributed by atoms with Crippen molar-refractivity contribution in [2.24, 2.45) is 0 Å². The average molecular weight is 225 g/mol. The molecule has 1 aromatic rings. The van der Waals surface area contributed by atoms with Crippen LogP contribution in [0.1, 0.15) is 18.6 Å². The molecule has 2 N–H and O–H groups in total. The third-order valence-electron chi connectivity index (χ3n) is 2.16. The SMILES string of the molecule is CC(=O)[C@@H](O)[C@H](O)c1ccc([N+](=O)[O-])cc1. The van der Waals surface area contributed by atoms with Gasteiger partial charge < -0.3 is 10.2 Å². The number of aliphatic hydroxyl groups is 2. The zero-order valence-corrected chi connectivity index (χ0v) is 8.53. The van der Waals surface area contributed by atoms with Crippen LogP contribution in [0.5, 0.6) is 0 Å². The molecule has 0 heterocycles. The molecule has 1 rings (SSSR count). The Morgan fingerprint density at radius 3 is 2.19 bits per heavy atom. The smallest absolute Gasteiger partial charge is 0.269 e. The summed E-state index contributed by atoms with van der Waals surface area (Å²) < 4.78 is 0. The lowest BCUT2D eigenvalue weighted by molar-refractivity contribution is -0.384. The lowest BCUT2D eigenvalue weighted by Gasteiger charge is -2.14. The largest absolute Gasteiger partial charge is 0.385 e. The molecule has 0 aromatic heterocycles. The third-order valence-corrected chi connectivity index (χ3v) is 2.16. The van der Waals surface area contributed by atoms with Crippen LogP contribution in [-0.2, 0) is 4.79 Å². The lowest BCUT2D eigenvalue weighted by Crippen LogP contribution is -2.25. The number of aliphatic hydroxyl groups excluding tert-OH is 2. The summed E-state index contributed by atoms with van der Waals surface area (Å²) in [7, 11) is 0. The minimum Gasteiger partial charge on any atom is -0.385 e. The molecule has 16 heavy (non-hydrogen) atoms. The molecule has 0 saturated carbocycles. The van der Waals surface area contributed by atoms with E-state index in [1.807, 2.05) is 0 Å². The zero-order valence-electron chi connectivity index (χ0n) is 8.53. The van der Waals surface area contributed by atoms with Crippen molar-refractivity contribution in [1.29, 1.82) is 0 Å². The molecule has 2 atom stereocenters. The highest BCUT2D eigenvalue weighted by Gasteiger charge is 2.22. The van der Waals surface area contributed by atoms with Gasteiger partial charge in [-0.25, -0.2) is 0 Å². The number of hydrogen-bond donors (Lipinski definition) is 2. The van der Waals surface area contributed by atoms with Gasteiger partial charge in [0.1, 0.15) is 12.2 Å². The van der Waals surface area contributed by atoms with Gasteiger partial charge in [0.05, 0.1) is 4.92 Å². The van der Waals surface area contributed by atoms with Crippen molar-refractivity contribution in [1.82, 2.24) is 0 Å². The number of nitro benzene ring substituents is 1. The van der Waals surface area contributed by atoms with Crippen molar-refractivity contribution in [3.05, 3.63) is 39.9 Å². The Hall–Kier alpha value is -1.79. The summed E-state index contributed by atoms with van der Waals surface area (Å²) in [6.45, 7) is 1.15. The van der Waals surface area contributed by atoms with E-state index in [1.165, 1.54) is 24.3 Å². The second kappa shape index (κ2) is 4.82. The molecular weight excluding hydrogens is 214 g/mol. The first-order valence-electron chi connectivity index (χ1n) is 4.54. The van der Waals surface area contributed by atoms with Gasteiger partial charge in [0, 0.05) is 12.1 Å². The van der Waals surface area contributed by atoms with E-state index >= 15 is 0 Å². The minimum atomic E-state index is -1.51. The Bertz CT molecular complexity index is 400. The minimum absolute atomic E-state index is 0.117. The topological polar surface area (TPSA) is 101 Å². The second-order valence-corrected chi connectivity index (χ2v) is 3.35. The Labute approximate surface area is 91.3 Å². The summed E-state index contributed by atoms with van der Waals surface area (Å²) in [4.78, 5) is 20.6. The molecule has 0 radical (unpaired) electrons. The van der Waals surface area contributed by atoms with Gasteiger partial charge in [0.15, 0.2) is 5.78 Å². The Morgan fingerprint density at radius 2 is 1.81 bits per heavy atom. The number of rotatable bonds is 4. The number of Topliss-reactive ketones (excluding diaryl/α,β-unsaturated/α-hetero) is 1. The number of carbonyl (C=O) groups is 1. The van der Waals surface area contributed by atoms with E-state index in [-0.39, 0.29) is 11.3 Å². The van der Waals surface area contributed by atoms with E-state index in [0.29, 0.717) is 0 Å². The van der Waals surface area contributed by atoms with Gasteiger partial charge in [-0.15, -0.1) is 0 Å². The van der Waals surface area contributed by atoms with Crippen LogP contribution in [0.15, 0.2) is 24.3 Å². The molecule has 86 valence electrons.